The van der Waals surface area contributed by atoms with Gasteiger partial charge in [0.15, 0.2) is 5.78 Å². The zero-order valence-corrected chi connectivity index (χ0v) is 11.8. The van der Waals surface area contributed by atoms with E-state index in [1.165, 1.54) is 18.2 Å². The van der Waals surface area contributed by atoms with Crippen molar-refractivity contribution in [2.45, 2.75) is 26.4 Å². The van der Waals surface area contributed by atoms with Gasteiger partial charge in [0.05, 0.1) is 0 Å². The second-order valence-corrected chi connectivity index (χ2v) is 5.04. The van der Waals surface area contributed by atoms with E-state index in [4.69, 9.17) is 0 Å². The van der Waals surface area contributed by atoms with E-state index >= 15 is 0 Å². The average Bonchev–Trinajstić information content (AvgIpc) is 2.74. The lowest BCUT2D eigenvalue weighted by Gasteiger charge is -2.33. The molecule has 0 saturated heterocycles. The van der Waals surface area contributed by atoms with Crippen LogP contribution in [0, 0.1) is 5.41 Å². The molecule has 2 rings (SSSR count). The van der Waals surface area contributed by atoms with Crippen molar-refractivity contribution in [3.8, 4) is 0 Å². The standard InChI is InChI=1S/C15H16F3NO2/c1-3-19(4-2)13(21)14(15(16,17)18)9-10-7-5-6-8-11(10)12(14)20/h5-8H,3-4,9H2,1-2H3. The Kier molecular flexibility index (Phi) is 3.82. The van der Waals surface area contributed by atoms with Gasteiger partial charge in [-0.15, -0.1) is 0 Å². The molecular weight excluding hydrogens is 283 g/mol. The van der Waals surface area contributed by atoms with Gasteiger partial charge in [-0.1, -0.05) is 24.3 Å². The van der Waals surface area contributed by atoms with Crippen LogP contribution in [0.2, 0.25) is 0 Å². The summed E-state index contributed by atoms with van der Waals surface area (Å²) in [7, 11) is 0. The van der Waals surface area contributed by atoms with Crippen LogP contribution in [0.4, 0.5) is 13.2 Å². The first-order valence-electron chi connectivity index (χ1n) is 6.78. The maximum Gasteiger partial charge on any atom is 0.410 e. The summed E-state index contributed by atoms with van der Waals surface area (Å²) < 4.78 is 40.9. The lowest BCUT2D eigenvalue weighted by molar-refractivity contribution is -0.209. The summed E-state index contributed by atoms with van der Waals surface area (Å²) in [4.78, 5) is 25.9. The predicted molar refractivity (Wildman–Crippen MR) is 70.9 cm³/mol. The number of amides is 1. The van der Waals surface area contributed by atoms with Crippen molar-refractivity contribution in [3.63, 3.8) is 0 Å². The molecule has 0 saturated carbocycles. The molecule has 0 N–H and O–H groups in total. The van der Waals surface area contributed by atoms with Crippen LogP contribution in [-0.4, -0.2) is 35.9 Å². The third-order valence-electron chi connectivity index (χ3n) is 4.00. The Labute approximate surface area is 120 Å². The Balaban J connectivity index is 2.58. The van der Waals surface area contributed by atoms with Crippen molar-refractivity contribution in [2.75, 3.05) is 13.1 Å². The van der Waals surface area contributed by atoms with Crippen LogP contribution in [0.25, 0.3) is 0 Å². The van der Waals surface area contributed by atoms with E-state index in [0.717, 1.165) is 4.90 Å². The molecule has 0 radical (unpaired) electrons. The molecule has 1 amide bonds. The first-order valence-corrected chi connectivity index (χ1v) is 6.78. The monoisotopic (exact) mass is 299 g/mol. The predicted octanol–water partition coefficient (Wildman–Crippen LogP) is 2.84. The number of nitrogens with zero attached hydrogens (tertiary/aromatic N) is 1. The molecule has 0 aromatic heterocycles. The first kappa shape index (κ1) is 15.5. The van der Waals surface area contributed by atoms with Gasteiger partial charge in [-0.05, 0) is 19.4 Å². The van der Waals surface area contributed by atoms with Crippen molar-refractivity contribution in [1.82, 2.24) is 4.90 Å². The lowest BCUT2D eigenvalue weighted by Crippen LogP contribution is -2.56. The number of carbonyl (C=O) groups excluding carboxylic acids is 2. The average molecular weight is 299 g/mol. The van der Waals surface area contributed by atoms with Crippen LogP contribution < -0.4 is 0 Å². The summed E-state index contributed by atoms with van der Waals surface area (Å²) in [6, 6.07) is 5.89. The van der Waals surface area contributed by atoms with Gasteiger partial charge in [0.1, 0.15) is 0 Å². The molecule has 0 fully saturated rings. The van der Waals surface area contributed by atoms with Crippen molar-refractivity contribution in [3.05, 3.63) is 35.4 Å². The number of benzene rings is 1. The molecule has 1 aromatic carbocycles. The van der Waals surface area contributed by atoms with Gasteiger partial charge >= 0.3 is 6.18 Å². The molecule has 3 nitrogen and oxygen atoms in total. The van der Waals surface area contributed by atoms with Gasteiger partial charge in [0.25, 0.3) is 0 Å². The number of fused-ring (bicyclic) bond motifs is 1. The topological polar surface area (TPSA) is 37.4 Å². The van der Waals surface area contributed by atoms with Crippen LogP contribution in [0.5, 0.6) is 0 Å². The number of Topliss-reactive ketones (excluding diaryl/α,β-unsaturated/α-hetero) is 1. The first-order chi connectivity index (χ1) is 9.79. The summed E-state index contributed by atoms with van der Waals surface area (Å²) >= 11 is 0. The number of ketones is 1. The Morgan fingerprint density at radius 2 is 1.81 bits per heavy atom. The van der Waals surface area contributed by atoms with E-state index in [1.807, 2.05) is 0 Å². The van der Waals surface area contributed by atoms with E-state index in [0.29, 0.717) is 0 Å². The number of hydrogen-bond donors (Lipinski definition) is 0. The van der Waals surface area contributed by atoms with Crippen LogP contribution in [0.15, 0.2) is 24.3 Å². The summed E-state index contributed by atoms with van der Waals surface area (Å²) in [6.07, 6.45) is -5.52. The molecule has 1 aliphatic rings. The Morgan fingerprint density at radius 1 is 1.24 bits per heavy atom. The SMILES string of the molecule is CCN(CC)C(=O)C1(C(F)(F)F)Cc2ccccc2C1=O. The maximum atomic E-state index is 13.6. The molecule has 114 valence electrons. The fourth-order valence-electron chi connectivity index (χ4n) is 2.80. The smallest absolute Gasteiger partial charge is 0.342 e. The van der Waals surface area contributed by atoms with E-state index in [-0.39, 0.29) is 24.2 Å². The van der Waals surface area contributed by atoms with Crippen LogP contribution in [0.1, 0.15) is 29.8 Å². The van der Waals surface area contributed by atoms with Crippen molar-refractivity contribution >= 4 is 11.7 Å². The van der Waals surface area contributed by atoms with E-state index in [1.54, 1.807) is 19.9 Å². The number of alkyl halides is 3. The van der Waals surface area contributed by atoms with E-state index < -0.39 is 29.7 Å². The molecular formula is C15H16F3NO2. The molecule has 1 atom stereocenters. The summed E-state index contributed by atoms with van der Waals surface area (Å²) in [5, 5.41) is 0. The quantitative estimate of drug-likeness (QED) is 0.805. The zero-order valence-electron chi connectivity index (χ0n) is 11.8. The Bertz CT molecular complexity index is 579. The lowest BCUT2D eigenvalue weighted by atomic mass is 9.81. The molecule has 1 unspecified atom stereocenters. The van der Waals surface area contributed by atoms with Crippen molar-refractivity contribution < 1.29 is 22.8 Å². The van der Waals surface area contributed by atoms with Gasteiger partial charge in [-0.3, -0.25) is 9.59 Å². The number of halogens is 3. The minimum absolute atomic E-state index is 0.00432. The molecule has 6 heteroatoms. The summed E-state index contributed by atoms with van der Waals surface area (Å²) in [6.45, 7) is 3.46. The summed E-state index contributed by atoms with van der Waals surface area (Å²) in [5.41, 5.74) is -2.70. The fraction of sp³-hybridized carbons (Fsp3) is 0.467. The third kappa shape index (κ3) is 2.13. The van der Waals surface area contributed by atoms with Crippen molar-refractivity contribution in [1.29, 1.82) is 0 Å². The molecule has 0 heterocycles. The van der Waals surface area contributed by atoms with E-state index in [9.17, 15) is 22.8 Å². The second-order valence-electron chi connectivity index (χ2n) is 5.04. The molecule has 0 aliphatic heterocycles. The van der Waals surface area contributed by atoms with Crippen LogP contribution >= 0.6 is 0 Å². The fourth-order valence-corrected chi connectivity index (χ4v) is 2.80. The normalized spacial score (nSPS) is 21.3. The Hall–Kier alpha value is -1.85. The molecule has 0 bridgehead atoms. The number of rotatable bonds is 3. The highest BCUT2D eigenvalue weighted by Gasteiger charge is 2.68. The minimum atomic E-state index is -4.91. The van der Waals surface area contributed by atoms with Crippen LogP contribution in [-0.2, 0) is 11.2 Å². The summed E-state index contributed by atoms with van der Waals surface area (Å²) in [5.74, 6) is -2.29. The van der Waals surface area contributed by atoms with Gasteiger partial charge in [-0.25, -0.2) is 0 Å². The van der Waals surface area contributed by atoms with E-state index in [2.05, 4.69) is 0 Å². The minimum Gasteiger partial charge on any atom is -0.342 e. The molecule has 1 aromatic rings. The number of carbonyl (C=O) groups is 2. The van der Waals surface area contributed by atoms with Crippen LogP contribution in [0.3, 0.4) is 0 Å². The maximum absolute atomic E-state index is 13.6. The number of hydrogen-bond acceptors (Lipinski definition) is 2. The highest BCUT2D eigenvalue weighted by molar-refractivity contribution is 6.18. The van der Waals surface area contributed by atoms with Gasteiger partial charge in [0, 0.05) is 25.1 Å². The molecule has 0 spiro atoms. The van der Waals surface area contributed by atoms with Gasteiger partial charge in [-0.2, -0.15) is 13.2 Å². The second kappa shape index (κ2) is 5.16. The van der Waals surface area contributed by atoms with Gasteiger partial charge in [0.2, 0.25) is 11.3 Å². The highest BCUT2D eigenvalue weighted by atomic mass is 19.4. The molecule has 1 aliphatic carbocycles. The molecule has 21 heavy (non-hydrogen) atoms. The van der Waals surface area contributed by atoms with Crippen molar-refractivity contribution in [2.24, 2.45) is 5.41 Å². The largest absolute Gasteiger partial charge is 0.410 e. The van der Waals surface area contributed by atoms with Gasteiger partial charge < -0.3 is 4.90 Å². The third-order valence-corrected chi connectivity index (χ3v) is 4.00. The highest BCUT2D eigenvalue weighted by Crippen LogP contribution is 2.49. The Morgan fingerprint density at radius 3 is 2.29 bits per heavy atom. The zero-order chi connectivity index (χ0) is 15.8.